The number of nitrogens with one attached hydrogen (secondary N) is 1. The van der Waals surface area contributed by atoms with Crippen LogP contribution in [0.1, 0.15) is 35.1 Å². The topological polar surface area (TPSA) is 24.9 Å². The molecule has 3 atom stereocenters. The molecule has 0 bridgehead atoms. The first-order chi connectivity index (χ1) is 11.5. The molecule has 2 aromatic rings. The molecule has 24 heavy (non-hydrogen) atoms. The standard InChI is InChI=1S/C18H14ClF3N2/c19-14-7-6-13(18(20,21)22)15-11-4-1-5-12(11)16(24-17(14)15)10-3-2-8-23-9-10/h1-4,6-9,11-12,16,24H,5H2/t11-,12+,16-/m1/s1. The summed E-state index contributed by atoms with van der Waals surface area (Å²) in [4.78, 5) is 4.14. The molecule has 1 aromatic carbocycles. The number of aromatic nitrogens is 1. The maximum atomic E-state index is 13.5. The predicted molar refractivity (Wildman–Crippen MR) is 87.0 cm³/mol. The molecule has 0 unspecified atom stereocenters. The van der Waals surface area contributed by atoms with Crippen LogP contribution in [0.5, 0.6) is 0 Å². The van der Waals surface area contributed by atoms with E-state index in [0.29, 0.717) is 10.7 Å². The Morgan fingerprint density at radius 3 is 2.75 bits per heavy atom. The van der Waals surface area contributed by atoms with E-state index in [1.165, 1.54) is 6.07 Å². The summed E-state index contributed by atoms with van der Waals surface area (Å²) < 4.78 is 40.4. The first-order valence-electron chi connectivity index (χ1n) is 7.69. The van der Waals surface area contributed by atoms with E-state index in [2.05, 4.69) is 10.3 Å². The monoisotopic (exact) mass is 350 g/mol. The lowest BCUT2D eigenvalue weighted by Gasteiger charge is -2.39. The van der Waals surface area contributed by atoms with Crippen LogP contribution in [0.15, 0.2) is 48.8 Å². The van der Waals surface area contributed by atoms with Crippen molar-refractivity contribution in [2.24, 2.45) is 5.92 Å². The summed E-state index contributed by atoms with van der Waals surface area (Å²) in [5, 5.41) is 3.56. The van der Waals surface area contributed by atoms with Gasteiger partial charge in [-0.3, -0.25) is 4.98 Å². The van der Waals surface area contributed by atoms with Gasteiger partial charge in [0.05, 0.1) is 22.3 Å². The Kier molecular flexibility index (Phi) is 3.57. The number of hydrogen-bond acceptors (Lipinski definition) is 2. The average Bonchev–Trinajstić information content (AvgIpc) is 3.04. The molecule has 1 aliphatic carbocycles. The van der Waals surface area contributed by atoms with E-state index < -0.39 is 11.7 Å². The molecule has 6 heteroatoms. The summed E-state index contributed by atoms with van der Waals surface area (Å²) in [6, 6.07) is 6.04. The number of halogens is 4. The Hall–Kier alpha value is -2.01. The van der Waals surface area contributed by atoms with E-state index in [4.69, 9.17) is 11.6 Å². The van der Waals surface area contributed by atoms with E-state index in [-0.39, 0.29) is 23.4 Å². The van der Waals surface area contributed by atoms with Gasteiger partial charge in [-0.25, -0.2) is 0 Å². The number of allylic oxidation sites excluding steroid dienone is 2. The van der Waals surface area contributed by atoms with Gasteiger partial charge in [-0.2, -0.15) is 13.2 Å². The van der Waals surface area contributed by atoms with Crippen LogP contribution >= 0.6 is 11.6 Å². The Balaban J connectivity index is 1.89. The Morgan fingerprint density at radius 2 is 2.04 bits per heavy atom. The van der Waals surface area contributed by atoms with Gasteiger partial charge in [0, 0.05) is 18.3 Å². The van der Waals surface area contributed by atoms with Crippen LogP contribution in [0.25, 0.3) is 0 Å². The number of fused-ring (bicyclic) bond motifs is 3. The van der Waals surface area contributed by atoms with E-state index >= 15 is 0 Å². The quantitative estimate of drug-likeness (QED) is 0.679. The SMILES string of the molecule is FC(F)(F)c1ccc(Cl)c2c1[C@@H]1C=CC[C@@H]1[C@@H](c1cccnc1)N2. The molecule has 1 aliphatic heterocycles. The van der Waals surface area contributed by atoms with Crippen molar-refractivity contribution in [3.63, 3.8) is 0 Å². The first kappa shape index (κ1) is 15.5. The highest BCUT2D eigenvalue weighted by Crippen LogP contribution is 2.54. The van der Waals surface area contributed by atoms with Gasteiger partial charge >= 0.3 is 6.18 Å². The highest BCUT2D eigenvalue weighted by atomic mass is 35.5. The summed E-state index contributed by atoms with van der Waals surface area (Å²) >= 11 is 6.24. The largest absolute Gasteiger partial charge is 0.416 e. The van der Waals surface area contributed by atoms with Crippen LogP contribution in [0, 0.1) is 5.92 Å². The van der Waals surface area contributed by atoms with Crippen LogP contribution in [0.3, 0.4) is 0 Å². The molecule has 0 spiro atoms. The Morgan fingerprint density at radius 1 is 1.21 bits per heavy atom. The number of alkyl halides is 3. The van der Waals surface area contributed by atoms with Crippen molar-refractivity contribution in [1.82, 2.24) is 4.98 Å². The highest BCUT2D eigenvalue weighted by molar-refractivity contribution is 6.33. The van der Waals surface area contributed by atoms with Crippen molar-refractivity contribution >= 4 is 17.3 Å². The number of hydrogen-bond donors (Lipinski definition) is 1. The van der Waals surface area contributed by atoms with Crippen LogP contribution in [-0.4, -0.2) is 4.98 Å². The lowest BCUT2D eigenvalue weighted by atomic mass is 9.75. The highest BCUT2D eigenvalue weighted by Gasteiger charge is 2.44. The second-order valence-corrected chi connectivity index (χ2v) is 6.55. The van der Waals surface area contributed by atoms with Crippen LogP contribution in [-0.2, 0) is 6.18 Å². The number of benzene rings is 1. The maximum Gasteiger partial charge on any atom is 0.416 e. The van der Waals surface area contributed by atoms with Crippen LogP contribution in [0.2, 0.25) is 5.02 Å². The number of anilines is 1. The third kappa shape index (κ3) is 2.38. The van der Waals surface area contributed by atoms with E-state index in [1.807, 2.05) is 24.3 Å². The molecule has 4 rings (SSSR count). The van der Waals surface area contributed by atoms with Crippen molar-refractivity contribution in [3.05, 3.63) is 70.5 Å². The zero-order valence-corrected chi connectivity index (χ0v) is 13.3. The van der Waals surface area contributed by atoms with Crippen molar-refractivity contribution < 1.29 is 13.2 Å². The lowest BCUT2D eigenvalue weighted by Crippen LogP contribution is -2.31. The van der Waals surface area contributed by atoms with Crippen molar-refractivity contribution in [2.75, 3.05) is 5.32 Å². The molecule has 2 aliphatic rings. The molecule has 1 aromatic heterocycles. The van der Waals surface area contributed by atoms with Crippen molar-refractivity contribution in [1.29, 1.82) is 0 Å². The zero-order valence-electron chi connectivity index (χ0n) is 12.5. The third-order valence-corrected chi connectivity index (χ3v) is 5.13. The van der Waals surface area contributed by atoms with Crippen molar-refractivity contribution in [2.45, 2.75) is 24.6 Å². The van der Waals surface area contributed by atoms with Gasteiger partial charge in [0.1, 0.15) is 0 Å². The molecule has 0 amide bonds. The molecular weight excluding hydrogens is 337 g/mol. The van der Waals surface area contributed by atoms with Gasteiger partial charge in [-0.1, -0.05) is 29.8 Å². The summed E-state index contributed by atoms with van der Waals surface area (Å²) in [7, 11) is 0. The van der Waals surface area contributed by atoms with E-state index in [9.17, 15) is 13.2 Å². The van der Waals surface area contributed by atoms with Gasteiger partial charge in [-0.15, -0.1) is 0 Å². The van der Waals surface area contributed by atoms with Crippen LogP contribution in [0.4, 0.5) is 18.9 Å². The second-order valence-electron chi connectivity index (χ2n) is 6.14. The van der Waals surface area contributed by atoms with E-state index in [1.54, 1.807) is 12.4 Å². The number of rotatable bonds is 1. The summed E-state index contributed by atoms with van der Waals surface area (Å²) in [6.45, 7) is 0. The number of nitrogens with zero attached hydrogens (tertiary/aromatic N) is 1. The minimum absolute atomic E-state index is 0.0151. The number of pyridine rings is 1. The summed E-state index contributed by atoms with van der Waals surface area (Å²) in [6.07, 6.45) is 3.58. The molecule has 0 saturated carbocycles. The molecule has 2 heterocycles. The molecule has 124 valence electrons. The van der Waals surface area contributed by atoms with Gasteiger partial charge < -0.3 is 5.32 Å². The summed E-state index contributed by atoms with van der Waals surface area (Å²) in [5.74, 6) is -0.289. The van der Waals surface area contributed by atoms with Crippen molar-refractivity contribution in [3.8, 4) is 0 Å². The summed E-state index contributed by atoms with van der Waals surface area (Å²) in [5.41, 5.74) is 0.984. The molecular formula is C18H14ClF3N2. The molecule has 0 fully saturated rings. The molecule has 2 nitrogen and oxygen atoms in total. The molecule has 0 radical (unpaired) electrons. The minimum atomic E-state index is -4.40. The zero-order chi connectivity index (χ0) is 16.9. The fraction of sp³-hybridized carbons (Fsp3) is 0.278. The Bertz CT molecular complexity index is 802. The van der Waals surface area contributed by atoms with E-state index in [0.717, 1.165) is 18.1 Å². The molecule has 0 saturated heterocycles. The van der Waals surface area contributed by atoms with Gasteiger partial charge in [-0.05, 0) is 41.7 Å². The van der Waals surface area contributed by atoms with Gasteiger partial charge in [0.15, 0.2) is 0 Å². The average molecular weight is 351 g/mol. The predicted octanol–water partition coefficient (Wildman–Crippen LogP) is 5.58. The smallest absolute Gasteiger partial charge is 0.376 e. The normalized spacial score (nSPS) is 25.1. The minimum Gasteiger partial charge on any atom is -0.376 e. The van der Waals surface area contributed by atoms with Crippen LogP contribution < -0.4 is 5.32 Å². The Labute approximate surface area is 142 Å². The molecule has 1 N–H and O–H groups in total. The second kappa shape index (κ2) is 5.52. The van der Waals surface area contributed by atoms with Gasteiger partial charge in [0.2, 0.25) is 0 Å². The fourth-order valence-corrected chi connectivity index (χ4v) is 4.03. The van der Waals surface area contributed by atoms with Gasteiger partial charge in [0.25, 0.3) is 0 Å². The maximum absolute atomic E-state index is 13.5. The third-order valence-electron chi connectivity index (χ3n) is 4.82. The fourth-order valence-electron chi connectivity index (χ4n) is 3.81. The lowest BCUT2D eigenvalue weighted by molar-refractivity contribution is -0.138. The first-order valence-corrected chi connectivity index (χ1v) is 8.07.